The number of hydrazone groups is 1. The second-order valence-electron chi connectivity index (χ2n) is 7.16. The third kappa shape index (κ3) is 6.43. The van der Waals surface area contributed by atoms with E-state index >= 15 is 0 Å². The molecule has 2 amide bonds. The maximum absolute atomic E-state index is 12.1. The molecule has 0 radical (unpaired) electrons. The second kappa shape index (κ2) is 10.8. The maximum Gasteiger partial charge on any atom is 0.271 e. The van der Waals surface area contributed by atoms with E-state index in [0.29, 0.717) is 17.1 Å². The molecule has 0 bridgehead atoms. The van der Waals surface area contributed by atoms with E-state index in [4.69, 9.17) is 9.47 Å². The van der Waals surface area contributed by atoms with Gasteiger partial charge in [0.15, 0.2) is 6.61 Å². The number of aryl methyl sites for hydroxylation is 2. The zero-order valence-electron chi connectivity index (χ0n) is 18.2. The van der Waals surface area contributed by atoms with Gasteiger partial charge in [0, 0.05) is 11.3 Å². The Labute approximate surface area is 187 Å². The first-order valence-corrected chi connectivity index (χ1v) is 10.0. The number of hydrogen-bond acceptors (Lipinski definition) is 5. The van der Waals surface area contributed by atoms with Gasteiger partial charge in [0.1, 0.15) is 11.5 Å². The van der Waals surface area contributed by atoms with Crippen molar-refractivity contribution < 1.29 is 19.1 Å². The number of rotatable bonds is 8. The predicted octanol–water partition coefficient (Wildman–Crippen LogP) is 4.09. The zero-order valence-corrected chi connectivity index (χ0v) is 18.2. The summed E-state index contributed by atoms with van der Waals surface area (Å²) in [5.41, 5.74) is 6.60. The number of carbonyl (C=O) groups excluding carboxylic acids is 2. The molecule has 7 heteroatoms. The Kier molecular flexibility index (Phi) is 7.59. The molecule has 0 saturated heterocycles. The largest absolute Gasteiger partial charge is 0.497 e. The number of hydrogen-bond donors (Lipinski definition) is 2. The average Bonchev–Trinajstić information content (AvgIpc) is 2.80. The third-order valence-electron chi connectivity index (χ3n) is 4.62. The van der Waals surface area contributed by atoms with Crippen molar-refractivity contribution in [1.82, 2.24) is 5.43 Å². The van der Waals surface area contributed by atoms with E-state index < -0.39 is 0 Å². The van der Waals surface area contributed by atoms with Gasteiger partial charge < -0.3 is 14.8 Å². The molecule has 164 valence electrons. The lowest BCUT2D eigenvalue weighted by Crippen LogP contribution is -2.20. The Hall–Kier alpha value is -4.13. The second-order valence-corrected chi connectivity index (χ2v) is 7.16. The van der Waals surface area contributed by atoms with Crippen molar-refractivity contribution >= 4 is 23.7 Å². The smallest absolute Gasteiger partial charge is 0.271 e. The first kappa shape index (κ1) is 22.6. The van der Waals surface area contributed by atoms with Gasteiger partial charge in [0.25, 0.3) is 11.8 Å². The molecule has 2 N–H and O–H groups in total. The van der Waals surface area contributed by atoms with Crippen LogP contribution in [0.3, 0.4) is 0 Å². The topological polar surface area (TPSA) is 89.0 Å². The highest BCUT2D eigenvalue weighted by molar-refractivity contribution is 5.95. The molecule has 32 heavy (non-hydrogen) atoms. The Morgan fingerprint density at radius 2 is 1.75 bits per heavy atom. The molecule has 0 spiro atoms. The molecule has 0 saturated carbocycles. The summed E-state index contributed by atoms with van der Waals surface area (Å²) in [4.78, 5) is 24.3. The van der Waals surface area contributed by atoms with Crippen LogP contribution in [0, 0.1) is 13.8 Å². The lowest BCUT2D eigenvalue weighted by Gasteiger charge is -2.10. The molecule has 0 atom stereocenters. The molecule has 0 aliphatic rings. The standard InChI is InChI=1S/C25H25N3O4/c1-17-7-12-23(18(2)13-17)27-24(29)16-32-21-10-8-19(9-11-21)15-26-28-25(30)20-5-4-6-22(14-20)31-3/h4-15H,16H2,1-3H3,(H,27,29)(H,28,30)/b26-15+. The number of anilines is 1. The molecule has 0 aliphatic carbocycles. The Morgan fingerprint density at radius 1 is 0.969 bits per heavy atom. The molecule has 0 fully saturated rings. The number of nitrogens with one attached hydrogen (secondary N) is 2. The minimum absolute atomic E-state index is 0.0999. The fourth-order valence-electron chi connectivity index (χ4n) is 2.93. The van der Waals surface area contributed by atoms with Crippen LogP contribution in [0.5, 0.6) is 11.5 Å². The van der Waals surface area contributed by atoms with Crippen molar-refractivity contribution in [2.75, 3.05) is 19.0 Å². The van der Waals surface area contributed by atoms with Gasteiger partial charge in [-0.15, -0.1) is 0 Å². The SMILES string of the molecule is COc1cccc(C(=O)N/N=C/c2ccc(OCC(=O)Nc3ccc(C)cc3C)cc2)c1. The van der Waals surface area contributed by atoms with E-state index in [9.17, 15) is 9.59 Å². The Balaban J connectivity index is 1.48. The number of benzene rings is 3. The molecule has 0 aromatic heterocycles. The number of carbonyl (C=O) groups is 2. The quantitative estimate of drug-likeness (QED) is 0.415. The third-order valence-corrected chi connectivity index (χ3v) is 4.62. The molecule has 3 aromatic rings. The average molecular weight is 431 g/mol. The first-order valence-electron chi connectivity index (χ1n) is 10.0. The van der Waals surface area contributed by atoms with Crippen LogP contribution in [0.25, 0.3) is 0 Å². The molecule has 0 unspecified atom stereocenters. The fourth-order valence-corrected chi connectivity index (χ4v) is 2.93. The van der Waals surface area contributed by atoms with Crippen molar-refractivity contribution in [3.63, 3.8) is 0 Å². The van der Waals surface area contributed by atoms with Crippen LogP contribution in [0.15, 0.2) is 71.8 Å². The number of amides is 2. The highest BCUT2D eigenvalue weighted by atomic mass is 16.5. The normalized spacial score (nSPS) is 10.6. The minimum Gasteiger partial charge on any atom is -0.497 e. The molecule has 7 nitrogen and oxygen atoms in total. The van der Waals surface area contributed by atoms with Crippen LogP contribution in [0.1, 0.15) is 27.0 Å². The monoisotopic (exact) mass is 431 g/mol. The molecule has 0 heterocycles. The number of ether oxygens (including phenoxy) is 2. The fraction of sp³-hybridized carbons (Fsp3) is 0.160. The summed E-state index contributed by atoms with van der Waals surface area (Å²) in [5, 5.41) is 6.81. The van der Waals surface area contributed by atoms with Crippen LogP contribution < -0.4 is 20.2 Å². The van der Waals surface area contributed by atoms with Crippen molar-refractivity contribution in [3.8, 4) is 11.5 Å². The van der Waals surface area contributed by atoms with Gasteiger partial charge in [0.2, 0.25) is 0 Å². The molecule has 3 aromatic carbocycles. The molecular formula is C25H25N3O4. The van der Waals surface area contributed by atoms with E-state index in [-0.39, 0.29) is 18.4 Å². The Morgan fingerprint density at radius 3 is 2.47 bits per heavy atom. The molecular weight excluding hydrogens is 406 g/mol. The zero-order chi connectivity index (χ0) is 22.9. The summed E-state index contributed by atoms with van der Waals surface area (Å²) in [6.45, 7) is 3.85. The first-order chi connectivity index (χ1) is 15.4. The van der Waals surface area contributed by atoms with Gasteiger partial charge in [-0.05, 0) is 73.5 Å². The summed E-state index contributed by atoms with van der Waals surface area (Å²) in [7, 11) is 1.54. The van der Waals surface area contributed by atoms with Crippen molar-refractivity contribution in [3.05, 3.63) is 89.0 Å². The van der Waals surface area contributed by atoms with Crippen LogP contribution >= 0.6 is 0 Å². The Bertz CT molecular complexity index is 1120. The van der Waals surface area contributed by atoms with Crippen LogP contribution in [0.2, 0.25) is 0 Å². The van der Waals surface area contributed by atoms with Gasteiger partial charge in [-0.3, -0.25) is 9.59 Å². The van der Waals surface area contributed by atoms with E-state index in [1.54, 1.807) is 55.6 Å². The van der Waals surface area contributed by atoms with Crippen molar-refractivity contribution in [1.29, 1.82) is 0 Å². The summed E-state index contributed by atoms with van der Waals surface area (Å²) in [5.74, 6) is 0.580. The van der Waals surface area contributed by atoms with Gasteiger partial charge in [-0.25, -0.2) is 5.43 Å². The van der Waals surface area contributed by atoms with E-state index in [2.05, 4.69) is 15.8 Å². The van der Waals surface area contributed by atoms with Crippen LogP contribution in [0.4, 0.5) is 5.69 Å². The maximum atomic E-state index is 12.1. The van der Waals surface area contributed by atoms with Gasteiger partial charge >= 0.3 is 0 Å². The summed E-state index contributed by atoms with van der Waals surface area (Å²) in [6.07, 6.45) is 1.52. The van der Waals surface area contributed by atoms with Gasteiger partial charge in [-0.1, -0.05) is 23.8 Å². The molecule has 3 rings (SSSR count). The van der Waals surface area contributed by atoms with Crippen molar-refractivity contribution in [2.45, 2.75) is 13.8 Å². The highest BCUT2D eigenvalue weighted by Crippen LogP contribution is 2.16. The predicted molar refractivity (Wildman–Crippen MR) is 125 cm³/mol. The van der Waals surface area contributed by atoms with E-state index in [1.165, 1.54) is 6.21 Å². The van der Waals surface area contributed by atoms with Crippen molar-refractivity contribution in [2.24, 2.45) is 5.10 Å². The highest BCUT2D eigenvalue weighted by Gasteiger charge is 2.07. The van der Waals surface area contributed by atoms with Gasteiger partial charge in [-0.2, -0.15) is 5.10 Å². The lowest BCUT2D eigenvalue weighted by atomic mass is 10.1. The number of nitrogens with zero attached hydrogens (tertiary/aromatic N) is 1. The van der Waals surface area contributed by atoms with E-state index in [1.807, 2.05) is 32.0 Å². The molecule has 0 aliphatic heterocycles. The lowest BCUT2D eigenvalue weighted by molar-refractivity contribution is -0.118. The van der Waals surface area contributed by atoms with Crippen LogP contribution in [-0.4, -0.2) is 31.7 Å². The number of methoxy groups -OCH3 is 1. The summed E-state index contributed by atoms with van der Waals surface area (Å²) < 4.78 is 10.7. The summed E-state index contributed by atoms with van der Waals surface area (Å²) in [6, 6.07) is 19.7. The minimum atomic E-state index is -0.338. The summed E-state index contributed by atoms with van der Waals surface area (Å²) >= 11 is 0. The van der Waals surface area contributed by atoms with Crippen LogP contribution in [-0.2, 0) is 4.79 Å². The van der Waals surface area contributed by atoms with Gasteiger partial charge in [0.05, 0.1) is 13.3 Å². The van der Waals surface area contributed by atoms with E-state index in [0.717, 1.165) is 22.4 Å².